The van der Waals surface area contributed by atoms with Crippen LogP contribution in [0.3, 0.4) is 0 Å². The third kappa shape index (κ3) is 5.83. The van der Waals surface area contributed by atoms with E-state index in [1.165, 1.54) is 12.1 Å². The van der Waals surface area contributed by atoms with E-state index in [0.717, 1.165) is 0 Å². The minimum Gasteiger partial charge on any atom is -0.456 e. The second kappa shape index (κ2) is 8.79. The van der Waals surface area contributed by atoms with Crippen LogP contribution in [0.5, 0.6) is 0 Å². The van der Waals surface area contributed by atoms with Gasteiger partial charge in [0.25, 0.3) is 5.91 Å². The van der Waals surface area contributed by atoms with Gasteiger partial charge in [-0.3, -0.25) is 9.59 Å². The van der Waals surface area contributed by atoms with Crippen molar-refractivity contribution in [3.63, 3.8) is 0 Å². The Labute approximate surface area is 156 Å². The van der Waals surface area contributed by atoms with Crippen molar-refractivity contribution in [1.29, 1.82) is 0 Å². The summed E-state index contributed by atoms with van der Waals surface area (Å²) in [6.07, 6.45) is -0.318. The Bertz CT molecular complexity index is 870. The van der Waals surface area contributed by atoms with E-state index in [1.807, 2.05) is 0 Å². The molecule has 0 aromatic heterocycles. The van der Waals surface area contributed by atoms with Crippen LogP contribution in [0.2, 0.25) is 5.02 Å². The average Bonchev–Trinajstić information content (AvgIpc) is 2.60. The number of hydrogen-bond acceptors (Lipinski definition) is 5. The predicted molar refractivity (Wildman–Crippen MR) is 95.7 cm³/mol. The van der Waals surface area contributed by atoms with Crippen molar-refractivity contribution in [1.82, 2.24) is 4.72 Å². The van der Waals surface area contributed by atoms with E-state index < -0.39 is 34.5 Å². The summed E-state index contributed by atoms with van der Waals surface area (Å²) in [6, 6.07) is 13.2. The lowest BCUT2D eigenvalue weighted by Gasteiger charge is -2.19. The van der Waals surface area contributed by atoms with Gasteiger partial charge in [-0.25, -0.2) is 13.1 Å². The topological polar surface area (TPSA) is 116 Å². The second-order valence-electron chi connectivity index (χ2n) is 5.37. The highest BCUT2D eigenvalue weighted by atomic mass is 35.5. The largest absolute Gasteiger partial charge is 0.456 e. The molecule has 0 aliphatic rings. The fourth-order valence-electron chi connectivity index (χ4n) is 2.15. The zero-order chi connectivity index (χ0) is 19.2. The highest BCUT2D eigenvalue weighted by Crippen LogP contribution is 2.22. The van der Waals surface area contributed by atoms with Gasteiger partial charge in [0.15, 0.2) is 6.61 Å². The van der Waals surface area contributed by atoms with Crippen LogP contribution in [0, 0.1) is 0 Å². The zero-order valence-corrected chi connectivity index (χ0v) is 15.2. The molecule has 0 aliphatic heterocycles. The van der Waals surface area contributed by atoms with Gasteiger partial charge in [0.2, 0.25) is 10.0 Å². The van der Waals surface area contributed by atoms with Crippen LogP contribution in [0.15, 0.2) is 59.5 Å². The number of rotatable bonds is 8. The minimum absolute atomic E-state index is 0.0597. The lowest BCUT2D eigenvalue weighted by Crippen LogP contribution is -2.31. The Morgan fingerprint density at radius 2 is 1.69 bits per heavy atom. The molecule has 3 N–H and O–H groups in total. The van der Waals surface area contributed by atoms with Gasteiger partial charge >= 0.3 is 5.97 Å². The fraction of sp³-hybridized carbons (Fsp3) is 0.176. The van der Waals surface area contributed by atoms with Gasteiger partial charge in [0, 0.05) is 5.02 Å². The summed E-state index contributed by atoms with van der Waals surface area (Å²) >= 11 is 5.85. The molecule has 2 aromatic rings. The molecule has 138 valence electrons. The summed E-state index contributed by atoms with van der Waals surface area (Å²) in [6.45, 7) is -0.572. The van der Waals surface area contributed by atoms with E-state index in [1.54, 1.807) is 42.5 Å². The van der Waals surface area contributed by atoms with E-state index in [0.29, 0.717) is 10.6 Å². The third-order valence-electron chi connectivity index (χ3n) is 3.37. The van der Waals surface area contributed by atoms with Gasteiger partial charge in [0.05, 0.1) is 17.4 Å². The molecule has 0 heterocycles. The van der Waals surface area contributed by atoms with Crippen molar-refractivity contribution in [2.24, 2.45) is 5.73 Å². The Balaban J connectivity index is 2.24. The summed E-state index contributed by atoms with van der Waals surface area (Å²) in [7, 11) is -3.88. The number of nitrogens with two attached hydrogens (primary N) is 1. The van der Waals surface area contributed by atoms with Gasteiger partial charge in [-0.1, -0.05) is 41.9 Å². The normalized spacial score (nSPS) is 12.3. The SMILES string of the molecule is NC(=O)COC(=O)C[C@@H](NS(=O)(=O)c1ccccc1)c1ccc(Cl)cc1. The molecule has 0 bridgehead atoms. The number of carbonyl (C=O) groups excluding carboxylic acids is 2. The Morgan fingerprint density at radius 3 is 2.27 bits per heavy atom. The predicted octanol–water partition coefficient (Wildman–Crippen LogP) is 1.78. The van der Waals surface area contributed by atoms with Gasteiger partial charge in [-0.05, 0) is 29.8 Å². The molecule has 7 nitrogen and oxygen atoms in total. The number of benzene rings is 2. The van der Waals surface area contributed by atoms with Gasteiger partial charge < -0.3 is 10.5 Å². The van der Waals surface area contributed by atoms with Gasteiger partial charge in [-0.2, -0.15) is 0 Å². The molecule has 0 aliphatic carbocycles. The van der Waals surface area contributed by atoms with E-state index in [-0.39, 0.29) is 11.3 Å². The van der Waals surface area contributed by atoms with E-state index >= 15 is 0 Å². The number of sulfonamides is 1. The number of primary amides is 1. The van der Waals surface area contributed by atoms with Crippen LogP contribution in [-0.2, 0) is 24.3 Å². The Morgan fingerprint density at radius 1 is 1.08 bits per heavy atom. The minimum atomic E-state index is -3.88. The van der Waals surface area contributed by atoms with E-state index in [4.69, 9.17) is 22.1 Å². The van der Waals surface area contributed by atoms with Gasteiger partial charge in [0.1, 0.15) is 0 Å². The first-order chi connectivity index (χ1) is 12.3. The van der Waals surface area contributed by atoms with Crippen LogP contribution in [0.4, 0.5) is 0 Å². The first kappa shape index (κ1) is 19.9. The molecule has 0 saturated carbocycles. The number of halogens is 1. The quantitative estimate of drug-likeness (QED) is 0.660. The molecule has 1 amide bonds. The molecule has 0 saturated heterocycles. The summed E-state index contributed by atoms with van der Waals surface area (Å²) in [5.74, 6) is -1.56. The average molecular weight is 397 g/mol. The molecule has 26 heavy (non-hydrogen) atoms. The number of nitrogens with one attached hydrogen (secondary N) is 1. The van der Waals surface area contributed by atoms with Crippen LogP contribution in [0.25, 0.3) is 0 Å². The Kier molecular flexibility index (Phi) is 6.73. The standard InChI is InChI=1S/C17H17ClN2O5S/c18-13-8-6-12(7-9-13)15(10-17(22)25-11-16(19)21)20-26(23,24)14-4-2-1-3-5-14/h1-9,15,20H,10-11H2,(H2,19,21)/t15-/m1/s1. The molecular formula is C17H17ClN2O5S. The maximum Gasteiger partial charge on any atom is 0.308 e. The van der Waals surface area contributed by atoms with Crippen molar-refractivity contribution in [3.8, 4) is 0 Å². The number of ether oxygens (including phenoxy) is 1. The first-order valence-electron chi connectivity index (χ1n) is 7.55. The zero-order valence-electron chi connectivity index (χ0n) is 13.6. The summed E-state index contributed by atoms with van der Waals surface area (Å²) in [4.78, 5) is 22.7. The third-order valence-corrected chi connectivity index (χ3v) is 5.11. The van der Waals surface area contributed by atoms with Crippen molar-refractivity contribution in [2.75, 3.05) is 6.61 Å². The van der Waals surface area contributed by atoms with Crippen LogP contribution < -0.4 is 10.5 Å². The molecule has 1 atom stereocenters. The first-order valence-corrected chi connectivity index (χ1v) is 9.41. The highest BCUT2D eigenvalue weighted by Gasteiger charge is 2.24. The van der Waals surface area contributed by atoms with Crippen LogP contribution >= 0.6 is 11.6 Å². The van der Waals surface area contributed by atoms with Crippen molar-refractivity contribution < 1.29 is 22.7 Å². The second-order valence-corrected chi connectivity index (χ2v) is 7.52. The smallest absolute Gasteiger partial charge is 0.308 e. The summed E-state index contributed by atoms with van der Waals surface area (Å²) < 4.78 is 32.3. The molecular weight excluding hydrogens is 380 g/mol. The summed E-state index contributed by atoms with van der Waals surface area (Å²) in [5.41, 5.74) is 5.45. The maximum absolute atomic E-state index is 12.6. The van der Waals surface area contributed by atoms with Crippen molar-refractivity contribution in [3.05, 3.63) is 65.2 Å². The Hall–Kier alpha value is -2.42. The number of esters is 1. The number of hydrogen-bond donors (Lipinski definition) is 2. The molecule has 2 aromatic carbocycles. The lowest BCUT2D eigenvalue weighted by atomic mass is 10.1. The highest BCUT2D eigenvalue weighted by molar-refractivity contribution is 7.89. The monoisotopic (exact) mass is 396 g/mol. The van der Waals surface area contributed by atoms with Crippen LogP contribution in [-0.4, -0.2) is 26.9 Å². The number of carbonyl (C=O) groups is 2. The maximum atomic E-state index is 12.6. The van der Waals surface area contributed by atoms with E-state index in [9.17, 15) is 18.0 Å². The van der Waals surface area contributed by atoms with Crippen molar-refractivity contribution >= 4 is 33.5 Å². The van der Waals surface area contributed by atoms with Gasteiger partial charge in [-0.15, -0.1) is 0 Å². The summed E-state index contributed by atoms with van der Waals surface area (Å²) in [5, 5.41) is 0.467. The molecule has 9 heteroatoms. The fourth-order valence-corrected chi connectivity index (χ4v) is 3.53. The van der Waals surface area contributed by atoms with Crippen molar-refractivity contribution in [2.45, 2.75) is 17.4 Å². The lowest BCUT2D eigenvalue weighted by molar-refractivity contribution is -0.148. The van der Waals surface area contributed by atoms with Crippen LogP contribution in [0.1, 0.15) is 18.0 Å². The van der Waals surface area contributed by atoms with E-state index in [2.05, 4.69) is 4.72 Å². The molecule has 2 rings (SSSR count). The molecule has 0 radical (unpaired) electrons. The molecule has 0 spiro atoms. The number of amides is 1. The molecule has 0 fully saturated rings. The molecule has 0 unspecified atom stereocenters.